The molecule has 0 N–H and O–H groups in total. The van der Waals surface area contributed by atoms with E-state index in [0.717, 1.165) is 0 Å². The number of hydrogen-bond acceptors (Lipinski definition) is 0. The van der Waals surface area contributed by atoms with E-state index in [0.29, 0.717) is 0 Å². The van der Waals surface area contributed by atoms with Crippen LogP contribution in [0.15, 0.2) is 77.9 Å². The molecule has 0 saturated carbocycles. The maximum Gasteiger partial charge on any atom is -0.0398 e. The van der Waals surface area contributed by atoms with Gasteiger partial charge in [0.2, 0.25) is 0 Å². The van der Waals surface area contributed by atoms with Crippen molar-refractivity contribution in [1.29, 1.82) is 0 Å². The maximum atomic E-state index is 2.08. The lowest BCUT2D eigenvalue weighted by atomic mass is 10.2. The van der Waals surface area contributed by atoms with Crippen molar-refractivity contribution in [2.24, 2.45) is 0 Å². The highest BCUT2D eigenvalue weighted by Crippen LogP contribution is 1.92. The molecule has 1 aromatic carbocycles. The molecule has 1 aromatic rings. The van der Waals surface area contributed by atoms with Gasteiger partial charge in [0.25, 0.3) is 0 Å². The summed E-state index contributed by atoms with van der Waals surface area (Å²) in [6.07, 6.45) is 12.2. The second-order valence-electron chi connectivity index (χ2n) is 5.72. The quantitative estimate of drug-likeness (QED) is 0.386. The summed E-state index contributed by atoms with van der Waals surface area (Å²) in [7, 11) is 0. The van der Waals surface area contributed by atoms with Crippen molar-refractivity contribution >= 4 is 0 Å². The van der Waals surface area contributed by atoms with E-state index in [4.69, 9.17) is 0 Å². The van der Waals surface area contributed by atoms with Crippen LogP contribution in [0, 0.1) is 6.92 Å². The third kappa shape index (κ3) is 87.6. The van der Waals surface area contributed by atoms with Gasteiger partial charge in [0, 0.05) is 0 Å². The summed E-state index contributed by atoms with van der Waals surface area (Å²) in [6, 6.07) is 10.3. The van der Waals surface area contributed by atoms with Gasteiger partial charge in [-0.05, 0) is 76.2 Å². The summed E-state index contributed by atoms with van der Waals surface area (Å²) in [5.41, 5.74) is 4.08. The van der Waals surface area contributed by atoms with Gasteiger partial charge in [-0.1, -0.05) is 105 Å². The second kappa shape index (κ2) is 44.5. The molecular weight excluding hydrogens is 336 g/mol. The third-order valence-corrected chi connectivity index (χ3v) is 2.76. The Morgan fingerprint density at radius 3 is 0.857 bits per heavy atom. The van der Waals surface area contributed by atoms with Gasteiger partial charge in [-0.15, -0.1) is 0 Å². The molecule has 0 fully saturated rings. The normalized spacial score (nSPS) is 7.61. The van der Waals surface area contributed by atoms with Crippen LogP contribution in [0.2, 0.25) is 0 Å². The van der Waals surface area contributed by atoms with E-state index in [9.17, 15) is 0 Å². The van der Waals surface area contributed by atoms with E-state index in [-0.39, 0.29) is 7.43 Å². The molecule has 0 aliphatic rings. The van der Waals surface area contributed by atoms with Gasteiger partial charge in [-0.3, -0.25) is 0 Å². The Balaban J connectivity index is -0.0000000533. The fraction of sp³-hybridized carbons (Fsp3) is 0.500. The molecule has 0 aliphatic heterocycles. The van der Waals surface area contributed by atoms with Gasteiger partial charge in [-0.25, -0.2) is 0 Å². The van der Waals surface area contributed by atoms with E-state index in [1.165, 1.54) is 16.7 Å². The zero-order valence-corrected chi connectivity index (χ0v) is 20.9. The SMILES string of the molecule is C.C/C=C/C.C/C=C\C.CC.CC=C(C)C.CC=C(C)C.Cc1ccccc1. The molecule has 0 heterocycles. The Labute approximate surface area is 181 Å². The van der Waals surface area contributed by atoms with Crippen molar-refractivity contribution in [1.82, 2.24) is 0 Å². The van der Waals surface area contributed by atoms with Crippen molar-refractivity contribution in [2.75, 3.05) is 0 Å². The first-order valence-corrected chi connectivity index (χ1v) is 10.1. The van der Waals surface area contributed by atoms with Crippen molar-refractivity contribution in [3.05, 3.63) is 83.5 Å². The van der Waals surface area contributed by atoms with Crippen molar-refractivity contribution in [3.63, 3.8) is 0 Å². The maximum absolute atomic E-state index is 2.08. The largest absolute Gasteiger partial charge is 0.0919 e. The predicted octanol–water partition coefficient (Wildman–Crippen LogP) is 10.8. The van der Waals surface area contributed by atoms with E-state index in [1.54, 1.807) is 0 Å². The molecule has 0 saturated heterocycles. The molecule has 0 unspecified atom stereocenters. The second-order valence-corrected chi connectivity index (χ2v) is 5.72. The molecule has 0 heteroatoms. The lowest BCUT2D eigenvalue weighted by Gasteiger charge is -1.82. The van der Waals surface area contributed by atoms with Crippen LogP contribution in [0.3, 0.4) is 0 Å². The van der Waals surface area contributed by atoms with Crippen LogP contribution >= 0.6 is 0 Å². The van der Waals surface area contributed by atoms with Crippen LogP contribution in [0.25, 0.3) is 0 Å². The highest BCUT2D eigenvalue weighted by molar-refractivity contribution is 5.11. The number of aryl methyl sites for hydroxylation is 1. The lowest BCUT2D eigenvalue weighted by Crippen LogP contribution is -1.62. The molecule has 166 valence electrons. The van der Waals surface area contributed by atoms with E-state index in [1.807, 2.05) is 97.9 Å². The zero-order chi connectivity index (χ0) is 22.5. The Kier molecular flexibility index (Phi) is 64.8. The third-order valence-electron chi connectivity index (χ3n) is 2.76. The summed E-state index contributed by atoms with van der Waals surface area (Å²) in [5.74, 6) is 0. The van der Waals surface area contributed by atoms with Gasteiger partial charge in [-0.2, -0.15) is 0 Å². The number of hydrogen-bond donors (Lipinski definition) is 0. The summed E-state index contributed by atoms with van der Waals surface area (Å²) in [5, 5.41) is 0. The van der Waals surface area contributed by atoms with Crippen molar-refractivity contribution in [2.45, 2.75) is 97.4 Å². The van der Waals surface area contributed by atoms with Gasteiger partial charge in [0.1, 0.15) is 0 Å². The first kappa shape index (κ1) is 40.8. The number of rotatable bonds is 0. The molecule has 0 bridgehead atoms. The molecule has 0 atom stereocenters. The highest BCUT2D eigenvalue weighted by Gasteiger charge is 1.72. The summed E-state index contributed by atoms with van der Waals surface area (Å²) >= 11 is 0. The monoisotopic (exact) mass is 390 g/mol. The summed E-state index contributed by atoms with van der Waals surface area (Å²) in [6.45, 7) is 26.5. The van der Waals surface area contributed by atoms with Gasteiger partial charge in [0.05, 0.1) is 0 Å². The lowest BCUT2D eigenvalue weighted by molar-refractivity contribution is 1.36. The van der Waals surface area contributed by atoms with Crippen LogP contribution in [0.1, 0.15) is 96.1 Å². The minimum atomic E-state index is 0. The minimum Gasteiger partial charge on any atom is -0.0919 e. The van der Waals surface area contributed by atoms with Crippen molar-refractivity contribution < 1.29 is 0 Å². The Morgan fingerprint density at radius 1 is 0.571 bits per heavy atom. The topological polar surface area (TPSA) is 0 Å². The van der Waals surface area contributed by atoms with Gasteiger partial charge < -0.3 is 0 Å². The Bertz CT molecular complexity index is 400. The standard InChI is InChI=1S/C7H8.2C5H10.2C4H8.C2H6.CH4/c1-7-5-3-2-4-6-7;2*1-4-5(2)3;2*1-3-4-2;1-2;/h2-6H,1H3;2*4H,1-3H3;2*3-4H,1-2H3;1-2H3;1H4/b;;;4-3+;4-3-;;. The number of benzene rings is 1. The molecule has 0 aromatic heterocycles. The Morgan fingerprint density at radius 2 is 0.786 bits per heavy atom. The van der Waals surface area contributed by atoms with Gasteiger partial charge in [0.15, 0.2) is 0 Å². The van der Waals surface area contributed by atoms with Crippen LogP contribution in [0.5, 0.6) is 0 Å². The molecule has 0 amide bonds. The van der Waals surface area contributed by atoms with E-state index < -0.39 is 0 Å². The average Bonchev–Trinajstić information content (AvgIpc) is 2.71. The van der Waals surface area contributed by atoms with Gasteiger partial charge >= 0.3 is 0 Å². The first-order chi connectivity index (χ1) is 12.8. The van der Waals surface area contributed by atoms with Crippen molar-refractivity contribution in [3.8, 4) is 0 Å². The molecule has 0 aliphatic carbocycles. The first-order valence-electron chi connectivity index (χ1n) is 10.1. The van der Waals surface area contributed by atoms with Crippen LogP contribution < -0.4 is 0 Å². The van der Waals surface area contributed by atoms with E-state index in [2.05, 4.69) is 58.9 Å². The van der Waals surface area contributed by atoms with Crippen LogP contribution in [-0.2, 0) is 0 Å². The number of allylic oxidation sites excluding steroid dienone is 8. The molecule has 0 spiro atoms. The Hall–Kier alpha value is -1.82. The molecule has 1 rings (SSSR count). The predicted molar refractivity (Wildman–Crippen MR) is 140 cm³/mol. The summed E-state index contributed by atoms with van der Waals surface area (Å²) in [4.78, 5) is 0. The van der Waals surface area contributed by atoms with Crippen LogP contribution in [-0.4, -0.2) is 0 Å². The molecular formula is C28H54. The van der Waals surface area contributed by atoms with Crippen LogP contribution in [0.4, 0.5) is 0 Å². The smallest absolute Gasteiger partial charge is 0.0398 e. The zero-order valence-electron chi connectivity index (χ0n) is 20.9. The highest BCUT2D eigenvalue weighted by atomic mass is 13.8. The molecule has 0 radical (unpaired) electrons. The molecule has 0 nitrogen and oxygen atoms in total. The summed E-state index contributed by atoms with van der Waals surface area (Å²) < 4.78 is 0. The fourth-order valence-corrected chi connectivity index (χ4v) is 0.534. The fourth-order valence-electron chi connectivity index (χ4n) is 0.534. The average molecular weight is 391 g/mol. The molecule has 28 heavy (non-hydrogen) atoms. The minimum absolute atomic E-state index is 0. The van der Waals surface area contributed by atoms with E-state index >= 15 is 0 Å².